The van der Waals surface area contributed by atoms with Gasteiger partial charge in [0.1, 0.15) is 6.07 Å². The number of hydrogen-bond acceptors (Lipinski definition) is 5. The predicted octanol–water partition coefficient (Wildman–Crippen LogP) is 3.00. The predicted molar refractivity (Wildman–Crippen MR) is 84.3 cm³/mol. The van der Waals surface area contributed by atoms with E-state index in [1.807, 2.05) is 30.5 Å². The highest BCUT2D eigenvalue weighted by molar-refractivity contribution is 7.14. The molecule has 108 valence electrons. The maximum atomic E-state index is 11.5. The van der Waals surface area contributed by atoms with E-state index < -0.39 is 0 Å². The third kappa shape index (κ3) is 3.58. The van der Waals surface area contributed by atoms with Crippen molar-refractivity contribution in [2.24, 2.45) is 0 Å². The number of nitriles is 1. The van der Waals surface area contributed by atoms with Gasteiger partial charge in [0.2, 0.25) is 5.91 Å². The zero-order valence-corrected chi connectivity index (χ0v) is 12.8. The van der Waals surface area contributed by atoms with E-state index in [4.69, 9.17) is 5.26 Å². The molecule has 0 atom stereocenters. The van der Waals surface area contributed by atoms with Gasteiger partial charge in [0.15, 0.2) is 5.13 Å². The Bertz CT molecular complexity index is 674. The van der Waals surface area contributed by atoms with Gasteiger partial charge >= 0.3 is 0 Å². The van der Waals surface area contributed by atoms with Gasteiger partial charge in [-0.25, -0.2) is 4.98 Å². The van der Waals surface area contributed by atoms with Crippen molar-refractivity contribution in [3.63, 3.8) is 0 Å². The molecule has 1 N–H and O–H groups in total. The second kappa shape index (κ2) is 6.86. The molecule has 6 heteroatoms. The van der Waals surface area contributed by atoms with Crippen LogP contribution in [0.2, 0.25) is 0 Å². The van der Waals surface area contributed by atoms with Crippen LogP contribution in [0, 0.1) is 11.3 Å². The van der Waals surface area contributed by atoms with Gasteiger partial charge in [-0.05, 0) is 19.1 Å². The lowest BCUT2D eigenvalue weighted by Gasteiger charge is -2.14. The molecule has 0 bridgehead atoms. The third-order valence-electron chi connectivity index (χ3n) is 2.97. The van der Waals surface area contributed by atoms with Crippen LogP contribution in [0.5, 0.6) is 0 Å². The van der Waals surface area contributed by atoms with Crippen molar-refractivity contribution < 1.29 is 4.79 Å². The fraction of sp³-hybridized carbons (Fsp3) is 0.267. The van der Waals surface area contributed by atoms with Crippen LogP contribution in [-0.4, -0.2) is 17.4 Å². The van der Waals surface area contributed by atoms with Crippen molar-refractivity contribution in [3.05, 3.63) is 40.9 Å². The van der Waals surface area contributed by atoms with Crippen LogP contribution in [0.3, 0.4) is 0 Å². The summed E-state index contributed by atoms with van der Waals surface area (Å²) in [5.41, 5.74) is 2.24. The molecule has 0 saturated carbocycles. The number of rotatable bonds is 5. The number of amides is 1. The monoisotopic (exact) mass is 300 g/mol. The number of aromatic nitrogens is 1. The summed E-state index contributed by atoms with van der Waals surface area (Å²) in [6.07, 6.45) is 0. The van der Waals surface area contributed by atoms with Crippen LogP contribution in [0.15, 0.2) is 29.6 Å². The Morgan fingerprint density at radius 2 is 2.24 bits per heavy atom. The summed E-state index contributed by atoms with van der Waals surface area (Å²) in [6, 6.07) is 9.48. The Kier molecular flexibility index (Phi) is 4.90. The molecule has 1 amide bonds. The average molecular weight is 300 g/mol. The molecular weight excluding hydrogens is 284 g/mol. The Morgan fingerprint density at radius 3 is 2.90 bits per heavy atom. The fourth-order valence-electron chi connectivity index (χ4n) is 1.91. The minimum atomic E-state index is -0.0128. The second-order valence-corrected chi connectivity index (χ2v) is 5.23. The van der Waals surface area contributed by atoms with Crippen molar-refractivity contribution in [2.75, 3.05) is 16.8 Å². The molecule has 1 aromatic heterocycles. The fourth-order valence-corrected chi connectivity index (χ4v) is 2.85. The minimum absolute atomic E-state index is 0.0128. The van der Waals surface area contributed by atoms with E-state index in [-0.39, 0.29) is 5.91 Å². The van der Waals surface area contributed by atoms with Gasteiger partial charge in [0.05, 0.1) is 23.5 Å². The van der Waals surface area contributed by atoms with Gasteiger partial charge in [-0.1, -0.05) is 12.1 Å². The molecule has 5 nitrogen and oxygen atoms in total. The summed E-state index contributed by atoms with van der Waals surface area (Å²) in [5, 5.41) is 14.9. The van der Waals surface area contributed by atoms with Crippen LogP contribution < -0.4 is 10.2 Å². The summed E-state index contributed by atoms with van der Waals surface area (Å²) >= 11 is 1.44. The van der Waals surface area contributed by atoms with Crippen molar-refractivity contribution in [1.29, 1.82) is 5.26 Å². The van der Waals surface area contributed by atoms with Crippen molar-refractivity contribution in [2.45, 2.75) is 20.4 Å². The Hall–Kier alpha value is -2.39. The lowest BCUT2D eigenvalue weighted by Crippen LogP contribution is -2.27. The first-order valence-electron chi connectivity index (χ1n) is 6.61. The maximum Gasteiger partial charge on any atom is 0.225 e. The molecule has 0 radical (unpaired) electrons. The van der Waals surface area contributed by atoms with Crippen LogP contribution in [-0.2, 0) is 11.3 Å². The van der Waals surface area contributed by atoms with Gasteiger partial charge in [0, 0.05) is 18.8 Å². The van der Waals surface area contributed by atoms with Crippen LogP contribution >= 0.6 is 11.3 Å². The van der Waals surface area contributed by atoms with Crippen LogP contribution in [0.1, 0.15) is 25.1 Å². The Morgan fingerprint density at radius 1 is 1.48 bits per heavy atom. The van der Waals surface area contributed by atoms with Gasteiger partial charge in [-0.3, -0.25) is 9.69 Å². The number of thiazole rings is 1. The quantitative estimate of drug-likeness (QED) is 0.921. The molecule has 0 spiro atoms. The zero-order chi connectivity index (χ0) is 15.2. The Labute approximate surface area is 127 Å². The minimum Gasteiger partial charge on any atom is -0.378 e. The summed E-state index contributed by atoms with van der Waals surface area (Å²) in [4.78, 5) is 17.6. The first-order chi connectivity index (χ1) is 10.2. The number of carbonyl (C=O) groups excluding carboxylic acids is 1. The molecule has 0 unspecified atom stereocenters. The third-order valence-corrected chi connectivity index (χ3v) is 3.89. The number of para-hydroxylation sites is 1. The van der Waals surface area contributed by atoms with E-state index in [0.29, 0.717) is 23.8 Å². The maximum absolute atomic E-state index is 11.5. The van der Waals surface area contributed by atoms with Gasteiger partial charge in [-0.2, -0.15) is 5.26 Å². The highest BCUT2D eigenvalue weighted by atomic mass is 32.1. The van der Waals surface area contributed by atoms with E-state index in [9.17, 15) is 4.79 Å². The summed E-state index contributed by atoms with van der Waals surface area (Å²) < 4.78 is 0. The molecule has 21 heavy (non-hydrogen) atoms. The normalized spacial score (nSPS) is 9.95. The number of nitrogens with one attached hydrogen (secondary N) is 1. The lowest BCUT2D eigenvalue weighted by molar-refractivity contribution is -0.116. The average Bonchev–Trinajstić information content (AvgIpc) is 2.94. The van der Waals surface area contributed by atoms with Gasteiger partial charge in [-0.15, -0.1) is 11.3 Å². The van der Waals surface area contributed by atoms with E-state index in [1.165, 1.54) is 18.3 Å². The van der Waals surface area contributed by atoms with Crippen LogP contribution in [0.25, 0.3) is 0 Å². The molecule has 1 heterocycles. The second-order valence-electron chi connectivity index (χ2n) is 4.40. The molecule has 0 saturated heterocycles. The van der Waals surface area contributed by atoms with Gasteiger partial charge < -0.3 is 5.32 Å². The van der Waals surface area contributed by atoms with E-state index in [0.717, 1.165) is 11.4 Å². The van der Waals surface area contributed by atoms with Crippen molar-refractivity contribution in [1.82, 2.24) is 4.98 Å². The topological polar surface area (TPSA) is 69.0 Å². The molecule has 2 aromatic rings. The van der Waals surface area contributed by atoms with Gasteiger partial charge in [0.25, 0.3) is 0 Å². The first-order valence-corrected chi connectivity index (χ1v) is 7.49. The van der Waals surface area contributed by atoms with E-state index in [1.54, 1.807) is 11.0 Å². The number of nitrogens with zero attached hydrogens (tertiary/aromatic N) is 3. The summed E-state index contributed by atoms with van der Waals surface area (Å²) in [7, 11) is 0. The Balaban J connectivity index is 2.07. The molecule has 0 fully saturated rings. The van der Waals surface area contributed by atoms with Crippen molar-refractivity contribution in [3.8, 4) is 6.07 Å². The SMILES string of the molecule is CCN(C(C)=O)c1nc(CNc2ccccc2C#N)cs1. The lowest BCUT2D eigenvalue weighted by atomic mass is 10.2. The smallest absolute Gasteiger partial charge is 0.225 e. The number of carbonyl (C=O) groups is 1. The largest absolute Gasteiger partial charge is 0.378 e. The standard InChI is InChI=1S/C15H16N4OS/c1-3-19(11(2)20)15-18-13(10-21-15)9-17-14-7-5-4-6-12(14)8-16/h4-7,10,17H,3,9H2,1-2H3. The highest BCUT2D eigenvalue weighted by Crippen LogP contribution is 2.22. The number of benzene rings is 1. The van der Waals surface area contributed by atoms with Crippen LogP contribution in [0.4, 0.5) is 10.8 Å². The number of anilines is 2. The molecule has 0 aliphatic heterocycles. The molecular formula is C15H16N4OS. The summed E-state index contributed by atoms with van der Waals surface area (Å²) in [5.74, 6) is -0.0128. The highest BCUT2D eigenvalue weighted by Gasteiger charge is 2.13. The van der Waals surface area contributed by atoms with Crippen molar-refractivity contribution >= 4 is 28.1 Å². The molecule has 2 rings (SSSR count). The number of hydrogen-bond donors (Lipinski definition) is 1. The molecule has 0 aliphatic carbocycles. The van der Waals surface area contributed by atoms with E-state index >= 15 is 0 Å². The summed E-state index contributed by atoms with van der Waals surface area (Å²) in [6.45, 7) is 4.58. The zero-order valence-electron chi connectivity index (χ0n) is 12.0. The van der Waals surface area contributed by atoms with E-state index in [2.05, 4.69) is 16.4 Å². The molecule has 1 aromatic carbocycles. The first kappa shape index (κ1) is 15.0. The molecule has 0 aliphatic rings.